The Kier molecular flexibility index (Phi) is 7.17. The van der Waals surface area contributed by atoms with Gasteiger partial charge in [0.2, 0.25) is 5.91 Å². The van der Waals surface area contributed by atoms with Gasteiger partial charge in [-0.3, -0.25) is 9.59 Å². The SMILES string of the molecule is C[C@H](CCc1ccccc1)NC(=O)C1CCN(c2ccc(=O)n(-c3cccc(F)c3)n2)CC1. The van der Waals surface area contributed by atoms with E-state index < -0.39 is 5.82 Å². The number of anilines is 1. The third-order valence-corrected chi connectivity index (χ3v) is 6.13. The van der Waals surface area contributed by atoms with Crippen LogP contribution in [0.3, 0.4) is 0 Å². The van der Waals surface area contributed by atoms with Gasteiger partial charge in [0.15, 0.2) is 0 Å². The molecule has 0 unspecified atom stereocenters. The van der Waals surface area contributed by atoms with Crippen molar-refractivity contribution in [3.63, 3.8) is 0 Å². The van der Waals surface area contributed by atoms with Crippen molar-refractivity contribution in [2.75, 3.05) is 18.0 Å². The van der Waals surface area contributed by atoms with Gasteiger partial charge in [0.1, 0.15) is 11.6 Å². The van der Waals surface area contributed by atoms with E-state index in [4.69, 9.17) is 0 Å². The molecule has 1 fully saturated rings. The lowest BCUT2D eigenvalue weighted by molar-refractivity contribution is -0.126. The zero-order chi connectivity index (χ0) is 23.2. The van der Waals surface area contributed by atoms with Crippen LogP contribution in [0.25, 0.3) is 5.69 Å². The molecule has 4 rings (SSSR count). The van der Waals surface area contributed by atoms with Gasteiger partial charge in [0.05, 0.1) is 5.69 Å². The molecule has 3 aromatic rings. The maximum atomic E-state index is 13.6. The van der Waals surface area contributed by atoms with E-state index in [2.05, 4.69) is 34.4 Å². The number of piperidine rings is 1. The summed E-state index contributed by atoms with van der Waals surface area (Å²) in [5.41, 5.74) is 1.35. The van der Waals surface area contributed by atoms with Crippen LogP contribution < -0.4 is 15.8 Å². The largest absolute Gasteiger partial charge is 0.355 e. The van der Waals surface area contributed by atoms with E-state index in [-0.39, 0.29) is 23.4 Å². The van der Waals surface area contributed by atoms with Gasteiger partial charge >= 0.3 is 0 Å². The van der Waals surface area contributed by atoms with E-state index in [1.54, 1.807) is 18.2 Å². The van der Waals surface area contributed by atoms with E-state index in [1.165, 1.54) is 28.4 Å². The van der Waals surface area contributed by atoms with Crippen LogP contribution in [0.4, 0.5) is 10.2 Å². The number of benzene rings is 2. The van der Waals surface area contributed by atoms with Crippen molar-refractivity contribution in [3.05, 3.63) is 88.5 Å². The third-order valence-electron chi connectivity index (χ3n) is 6.13. The van der Waals surface area contributed by atoms with Gasteiger partial charge in [-0.25, -0.2) is 4.39 Å². The Bertz CT molecular complexity index is 1140. The molecule has 0 radical (unpaired) electrons. The molecule has 6 nitrogen and oxygen atoms in total. The average Bonchev–Trinajstić information content (AvgIpc) is 2.84. The van der Waals surface area contributed by atoms with E-state index in [1.807, 2.05) is 18.2 Å². The molecule has 172 valence electrons. The monoisotopic (exact) mass is 448 g/mol. The van der Waals surface area contributed by atoms with Crippen LogP contribution in [0.2, 0.25) is 0 Å². The molecule has 7 heteroatoms. The number of aryl methyl sites for hydroxylation is 1. The predicted octanol–water partition coefficient (Wildman–Crippen LogP) is 3.73. The van der Waals surface area contributed by atoms with Crippen LogP contribution in [0, 0.1) is 11.7 Å². The summed E-state index contributed by atoms with van der Waals surface area (Å²) in [4.78, 5) is 27.1. The highest BCUT2D eigenvalue weighted by Gasteiger charge is 2.26. The molecule has 1 N–H and O–H groups in total. The fourth-order valence-electron chi connectivity index (χ4n) is 4.19. The first-order valence-corrected chi connectivity index (χ1v) is 11.4. The number of hydrogen-bond donors (Lipinski definition) is 1. The van der Waals surface area contributed by atoms with Crippen LogP contribution >= 0.6 is 0 Å². The average molecular weight is 449 g/mol. The summed E-state index contributed by atoms with van der Waals surface area (Å²) in [6, 6.07) is 19.4. The fraction of sp³-hybridized carbons (Fsp3) is 0.346. The van der Waals surface area contributed by atoms with Crippen molar-refractivity contribution in [1.82, 2.24) is 15.1 Å². The number of halogens is 1. The smallest absolute Gasteiger partial charge is 0.271 e. The number of nitrogens with zero attached hydrogens (tertiary/aromatic N) is 3. The van der Waals surface area contributed by atoms with Gasteiger partial charge in [-0.1, -0.05) is 36.4 Å². The lowest BCUT2D eigenvalue weighted by Crippen LogP contribution is -2.43. The Morgan fingerprint density at radius 1 is 1.09 bits per heavy atom. The van der Waals surface area contributed by atoms with Gasteiger partial charge in [0, 0.05) is 31.1 Å². The summed E-state index contributed by atoms with van der Waals surface area (Å²) < 4.78 is 14.8. The molecule has 0 aliphatic carbocycles. The number of aromatic nitrogens is 2. The summed E-state index contributed by atoms with van der Waals surface area (Å²) in [6.07, 6.45) is 3.28. The Morgan fingerprint density at radius 3 is 2.58 bits per heavy atom. The Labute approximate surface area is 193 Å². The first kappa shape index (κ1) is 22.7. The van der Waals surface area contributed by atoms with Crippen molar-refractivity contribution in [3.8, 4) is 5.69 Å². The Morgan fingerprint density at radius 2 is 1.85 bits per heavy atom. The van der Waals surface area contributed by atoms with E-state index in [0.29, 0.717) is 24.6 Å². The Balaban J connectivity index is 1.32. The zero-order valence-electron chi connectivity index (χ0n) is 18.8. The van der Waals surface area contributed by atoms with E-state index >= 15 is 0 Å². The number of nitrogens with one attached hydrogen (secondary N) is 1. The summed E-state index contributed by atoms with van der Waals surface area (Å²) in [6.45, 7) is 3.39. The summed E-state index contributed by atoms with van der Waals surface area (Å²) in [7, 11) is 0. The first-order valence-electron chi connectivity index (χ1n) is 11.4. The highest BCUT2D eigenvalue weighted by molar-refractivity contribution is 5.79. The van der Waals surface area contributed by atoms with Crippen molar-refractivity contribution in [1.29, 1.82) is 0 Å². The number of rotatable bonds is 7. The standard InChI is InChI=1S/C26H29FN4O2/c1-19(10-11-20-6-3-2-4-7-20)28-26(33)21-14-16-30(17-15-21)24-12-13-25(32)31(29-24)23-9-5-8-22(27)18-23/h2-9,12-13,18-19,21H,10-11,14-17H2,1H3,(H,28,33)/t19-/m1/s1. The molecular formula is C26H29FN4O2. The zero-order valence-corrected chi connectivity index (χ0v) is 18.8. The predicted molar refractivity (Wildman–Crippen MR) is 127 cm³/mol. The molecule has 0 saturated carbocycles. The quantitative estimate of drug-likeness (QED) is 0.598. The molecule has 1 atom stereocenters. The summed E-state index contributed by atoms with van der Waals surface area (Å²) >= 11 is 0. The normalized spacial score (nSPS) is 15.3. The van der Waals surface area contributed by atoms with Crippen LogP contribution in [0.1, 0.15) is 31.7 Å². The molecule has 2 heterocycles. The van der Waals surface area contributed by atoms with Gasteiger partial charge in [0.25, 0.3) is 5.56 Å². The van der Waals surface area contributed by atoms with Gasteiger partial charge in [-0.15, -0.1) is 5.10 Å². The minimum absolute atomic E-state index is 0.0328. The van der Waals surface area contributed by atoms with Crippen LogP contribution in [0.15, 0.2) is 71.5 Å². The number of carbonyl (C=O) groups excluding carboxylic acids is 1. The van der Waals surface area contributed by atoms with Crippen molar-refractivity contribution < 1.29 is 9.18 Å². The van der Waals surface area contributed by atoms with Crippen molar-refractivity contribution >= 4 is 11.7 Å². The molecular weight excluding hydrogens is 419 g/mol. The second-order valence-corrected chi connectivity index (χ2v) is 8.62. The van der Waals surface area contributed by atoms with Crippen LogP contribution in [-0.4, -0.2) is 34.8 Å². The number of carbonyl (C=O) groups is 1. The third kappa shape index (κ3) is 5.86. The van der Waals surface area contributed by atoms with Gasteiger partial charge in [-0.2, -0.15) is 4.68 Å². The van der Waals surface area contributed by atoms with E-state index in [0.717, 1.165) is 25.7 Å². The van der Waals surface area contributed by atoms with Crippen LogP contribution in [-0.2, 0) is 11.2 Å². The molecule has 1 aromatic heterocycles. The number of amides is 1. The molecule has 33 heavy (non-hydrogen) atoms. The van der Waals surface area contributed by atoms with Gasteiger partial charge < -0.3 is 10.2 Å². The molecule has 1 amide bonds. The van der Waals surface area contributed by atoms with Crippen LogP contribution in [0.5, 0.6) is 0 Å². The Hall–Kier alpha value is -3.48. The molecule has 0 bridgehead atoms. The molecule has 1 aliphatic rings. The lowest BCUT2D eigenvalue weighted by atomic mass is 9.95. The molecule has 1 saturated heterocycles. The van der Waals surface area contributed by atoms with Crippen molar-refractivity contribution in [2.24, 2.45) is 5.92 Å². The minimum atomic E-state index is -0.420. The number of hydrogen-bond acceptors (Lipinski definition) is 4. The second kappa shape index (κ2) is 10.4. The molecule has 2 aromatic carbocycles. The molecule has 1 aliphatic heterocycles. The van der Waals surface area contributed by atoms with Crippen molar-refractivity contribution in [2.45, 2.75) is 38.6 Å². The summed E-state index contributed by atoms with van der Waals surface area (Å²) in [5, 5.41) is 7.61. The highest BCUT2D eigenvalue weighted by Crippen LogP contribution is 2.22. The fourth-order valence-corrected chi connectivity index (χ4v) is 4.19. The summed E-state index contributed by atoms with van der Waals surface area (Å²) in [5.74, 6) is 0.299. The maximum absolute atomic E-state index is 13.6. The lowest BCUT2D eigenvalue weighted by Gasteiger charge is -2.32. The first-order chi connectivity index (χ1) is 16.0. The second-order valence-electron chi connectivity index (χ2n) is 8.62. The highest BCUT2D eigenvalue weighted by atomic mass is 19.1. The minimum Gasteiger partial charge on any atom is -0.355 e. The molecule has 0 spiro atoms. The maximum Gasteiger partial charge on any atom is 0.271 e. The van der Waals surface area contributed by atoms with E-state index in [9.17, 15) is 14.0 Å². The van der Waals surface area contributed by atoms with Gasteiger partial charge in [-0.05, 0) is 62.4 Å². The topological polar surface area (TPSA) is 67.2 Å².